The molecule has 1 heterocycles. The SMILES string of the molecule is CCNC(CCN1CC2CCC1C2)c1ccc(Br)cc1. The predicted octanol–water partition coefficient (Wildman–Crippen LogP) is 3.97. The van der Waals surface area contributed by atoms with E-state index in [4.69, 9.17) is 0 Å². The van der Waals surface area contributed by atoms with Crippen molar-refractivity contribution < 1.29 is 0 Å². The first-order valence-electron chi connectivity index (χ1n) is 7.99. The van der Waals surface area contributed by atoms with Crippen LogP contribution in [0.3, 0.4) is 0 Å². The fourth-order valence-corrected chi connectivity index (χ4v) is 4.19. The molecule has 2 nitrogen and oxygen atoms in total. The fourth-order valence-electron chi connectivity index (χ4n) is 3.92. The zero-order valence-electron chi connectivity index (χ0n) is 12.3. The number of likely N-dealkylation sites (tertiary alicyclic amines) is 1. The van der Waals surface area contributed by atoms with Gasteiger partial charge in [-0.15, -0.1) is 0 Å². The standard InChI is InChI=1S/C17H25BrN2/c1-2-19-17(14-4-6-15(18)7-5-14)9-10-20-12-13-3-8-16(20)11-13/h4-7,13,16-17,19H,2-3,8-12H2,1H3. The van der Waals surface area contributed by atoms with Crippen molar-refractivity contribution in [2.24, 2.45) is 5.92 Å². The van der Waals surface area contributed by atoms with E-state index in [2.05, 4.69) is 57.3 Å². The Kier molecular flexibility index (Phi) is 4.79. The Bertz CT molecular complexity index is 431. The topological polar surface area (TPSA) is 15.3 Å². The normalized spacial score (nSPS) is 27.1. The van der Waals surface area contributed by atoms with Gasteiger partial charge in [-0.3, -0.25) is 0 Å². The largest absolute Gasteiger partial charge is 0.310 e. The molecule has 3 atom stereocenters. The molecule has 1 aliphatic heterocycles. The van der Waals surface area contributed by atoms with Crippen molar-refractivity contribution in [3.63, 3.8) is 0 Å². The summed E-state index contributed by atoms with van der Waals surface area (Å²) in [5.74, 6) is 1.00. The third-order valence-electron chi connectivity index (χ3n) is 4.95. The maximum atomic E-state index is 3.64. The number of benzene rings is 1. The summed E-state index contributed by atoms with van der Waals surface area (Å²) in [5, 5.41) is 3.64. The molecule has 1 saturated heterocycles. The first-order chi connectivity index (χ1) is 9.76. The summed E-state index contributed by atoms with van der Waals surface area (Å²) in [6, 6.07) is 10.2. The lowest BCUT2D eigenvalue weighted by Gasteiger charge is -2.29. The van der Waals surface area contributed by atoms with E-state index in [1.807, 2.05) is 0 Å². The van der Waals surface area contributed by atoms with Gasteiger partial charge in [0.2, 0.25) is 0 Å². The van der Waals surface area contributed by atoms with E-state index in [1.165, 1.54) is 44.3 Å². The number of hydrogen-bond acceptors (Lipinski definition) is 2. The van der Waals surface area contributed by atoms with E-state index in [0.29, 0.717) is 6.04 Å². The van der Waals surface area contributed by atoms with Crippen molar-refractivity contribution in [1.29, 1.82) is 0 Å². The van der Waals surface area contributed by atoms with Crippen molar-refractivity contribution in [2.75, 3.05) is 19.6 Å². The van der Waals surface area contributed by atoms with Gasteiger partial charge in [-0.1, -0.05) is 35.0 Å². The van der Waals surface area contributed by atoms with Gasteiger partial charge in [-0.2, -0.15) is 0 Å². The van der Waals surface area contributed by atoms with Gasteiger partial charge in [-0.25, -0.2) is 0 Å². The Balaban J connectivity index is 1.58. The second-order valence-corrected chi connectivity index (χ2v) is 7.19. The van der Waals surface area contributed by atoms with Crippen molar-refractivity contribution in [2.45, 2.75) is 44.7 Å². The number of nitrogens with one attached hydrogen (secondary N) is 1. The zero-order chi connectivity index (χ0) is 13.9. The molecule has 2 bridgehead atoms. The smallest absolute Gasteiger partial charge is 0.0332 e. The third-order valence-corrected chi connectivity index (χ3v) is 5.48. The van der Waals surface area contributed by atoms with Crippen molar-refractivity contribution in [3.05, 3.63) is 34.3 Å². The van der Waals surface area contributed by atoms with E-state index in [-0.39, 0.29) is 0 Å². The Hall–Kier alpha value is -0.380. The Morgan fingerprint density at radius 3 is 2.70 bits per heavy atom. The lowest BCUT2D eigenvalue weighted by molar-refractivity contribution is 0.203. The summed E-state index contributed by atoms with van der Waals surface area (Å²) in [4.78, 5) is 2.73. The molecule has 0 amide bonds. The van der Waals surface area contributed by atoms with Gasteiger partial charge in [0.25, 0.3) is 0 Å². The summed E-state index contributed by atoms with van der Waals surface area (Å²) < 4.78 is 1.16. The van der Waals surface area contributed by atoms with E-state index in [1.54, 1.807) is 0 Å². The molecular weight excluding hydrogens is 312 g/mol. The van der Waals surface area contributed by atoms with Crippen molar-refractivity contribution in [1.82, 2.24) is 10.2 Å². The number of nitrogens with zero attached hydrogens (tertiary/aromatic N) is 1. The van der Waals surface area contributed by atoms with Crippen LogP contribution < -0.4 is 5.32 Å². The highest BCUT2D eigenvalue weighted by Crippen LogP contribution is 2.37. The summed E-state index contributed by atoms with van der Waals surface area (Å²) in [5.41, 5.74) is 1.42. The number of hydrogen-bond donors (Lipinski definition) is 1. The van der Waals surface area contributed by atoms with Crippen LogP contribution in [0.2, 0.25) is 0 Å². The van der Waals surface area contributed by atoms with Crippen molar-refractivity contribution >= 4 is 15.9 Å². The van der Waals surface area contributed by atoms with Crippen LogP contribution in [0.4, 0.5) is 0 Å². The van der Waals surface area contributed by atoms with E-state index in [0.717, 1.165) is 23.0 Å². The van der Waals surface area contributed by atoms with Crippen LogP contribution >= 0.6 is 15.9 Å². The second-order valence-electron chi connectivity index (χ2n) is 6.28. The highest BCUT2D eigenvalue weighted by atomic mass is 79.9. The van der Waals surface area contributed by atoms with Gasteiger partial charge < -0.3 is 10.2 Å². The Morgan fingerprint density at radius 1 is 1.30 bits per heavy atom. The van der Waals surface area contributed by atoms with E-state index in [9.17, 15) is 0 Å². The predicted molar refractivity (Wildman–Crippen MR) is 87.9 cm³/mol. The summed E-state index contributed by atoms with van der Waals surface area (Å²) in [7, 11) is 0. The van der Waals surface area contributed by atoms with Gasteiger partial charge in [0.05, 0.1) is 0 Å². The summed E-state index contributed by atoms with van der Waals surface area (Å²) >= 11 is 3.52. The molecule has 0 spiro atoms. The zero-order valence-corrected chi connectivity index (χ0v) is 13.9. The lowest BCUT2D eigenvalue weighted by Crippen LogP contribution is -2.35. The highest BCUT2D eigenvalue weighted by molar-refractivity contribution is 9.10. The first kappa shape index (κ1) is 14.6. The van der Waals surface area contributed by atoms with Crippen LogP contribution in [0, 0.1) is 5.92 Å². The quantitative estimate of drug-likeness (QED) is 0.845. The first-order valence-corrected chi connectivity index (χ1v) is 8.78. The average molecular weight is 337 g/mol. The molecule has 3 unspecified atom stereocenters. The molecule has 110 valence electrons. The molecule has 2 aliphatic rings. The number of fused-ring (bicyclic) bond motifs is 2. The Morgan fingerprint density at radius 2 is 2.10 bits per heavy atom. The summed E-state index contributed by atoms with van der Waals surface area (Å²) in [6.45, 7) is 5.83. The number of halogens is 1. The van der Waals surface area contributed by atoms with Gasteiger partial charge >= 0.3 is 0 Å². The lowest BCUT2D eigenvalue weighted by atomic mass is 10.0. The Labute approximate surface area is 131 Å². The van der Waals surface area contributed by atoms with Gasteiger partial charge in [0.15, 0.2) is 0 Å². The minimum Gasteiger partial charge on any atom is -0.310 e. The minimum atomic E-state index is 0.493. The average Bonchev–Trinajstić information content (AvgIpc) is 3.07. The molecule has 1 aliphatic carbocycles. The van der Waals surface area contributed by atoms with Crippen LogP contribution in [0.25, 0.3) is 0 Å². The van der Waals surface area contributed by atoms with Crippen molar-refractivity contribution in [3.8, 4) is 0 Å². The maximum absolute atomic E-state index is 3.64. The highest BCUT2D eigenvalue weighted by Gasteiger charge is 2.37. The monoisotopic (exact) mass is 336 g/mol. The molecule has 0 aromatic heterocycles. The molecule has 3 heteroatoms. The second kappa shape index (κ2) is 6.59. The molecule has 1 aromatic rings. The van der Waals surface area contributed by atoms with Gasteiger partial charge in [-0.05, 0) is 55.8 Å². The van der Waals surface area contributed by atoms with Crippen LogP contribution in [-0.2, 0) is 0 Å². The maximum Gasteiger partial charge on any atom is 0.0332 e. The third kappa shape index (κ3) is 3.26. The molecule has 2 fully saturated rings. The summed E-state index contributed by atoms with van der Waals surface area (Å²) in [6.07, 6.45) is 5.60. The van der Waals surface area contributed by atoms with Crippen LogP contribution in [0.1, 0.15) is 44.2 Å². The molecule has 1 aromatic carbocycles. The molecule has 3 rings (SSSR count). The van der Waals surface area contributed by atoms with Gasteiger partial charge in [0, 0.05) is 29.6 Å². The molecule has 1 N–H and O–H groups in total. The van der Waals surface area contributed by atoms with Crippen LogP contribution in [0.15, 0.2) is 28.7 Å². The fraction of sp³-hybridized carbons (Fsp3) is 0.647. The molecule has 20 heavy (non-hydrogen) atoms. The number of piperidine rings is 1. The molecular formula is C17H25BrN2. The van der Waals surface area contributed by atoms with E-state index < -0.39 is 0 Å². The minimum absolute atomic E-state index is 0.493. The van der Waals surface area contributed by atoms with E-state index >= 15 is 0 Å². The van der Waals surface area contributed by atoms with Crippen LogP contribution in [-0.4, -0.2) is 30.6 Å². The van der Waals surface area contributed by atoms with Gasteiger partial charge in [0.1, 0.15) is 0 Å². The number of rotatable bonds is 6. The molecule has 1 saturated carbocycles. The van der Waals surface area contributed by atoms with Crippen LogP contribution in [0.5, 0.6) is 0 Å². The molecule has 0 radical (unpaired) electrons.